The average Bonchev–Trinajstić information content (AvgIpc) is 2.80. The first-order valence-corrected chi connectivity index (χ1v) is 5.33. The van der Waals surface area contributed by atoms with Crippen molar-refractivity contribution in [3.63, 3.8) is 0 Å². The van der Waals surface area contributed by atoms with Gasteiger partial charge in [-0.1, -0.05) is 20.8 Å². The monoisotopic (exact) mass is 199 g/mol. The van der Waals surface area contributed by atoms with Crippen molar-refractivity contribution in [2.45, 2.75) is 4.90 Å². The van der Waals surface area contributed by atoms with Crippen molar-refractivity contribution >= 4 is 32.8 Å². The molecule has 3 nitrogen and oxygen atoms in total. The molecule has 0 aliphatic carbocycles. The van der Waals surface area contributed by atoms with Crippen molar-refractivity contribution in [2.24, 2.45) is 0 Å². The van der Waals surface area contributed by atoms with Crippen LogP contribution in [0.15, 0.2) is 29.2 Å². The molecule has 0 unspecified atom stereocenters. The Kier molecular flexibility index (Phi) is 1.14. The van der Waals surface area contributed by atoms with E-state index in [4.69, 9.17) is 20.9 Å². The summed E-state index contributed by atoms with van der Waals surface area (Å²) in [5.41, 5.74) is 1.01. The molecule has 0 bridgehead atoms. The van der Waals surface area contributed by atoms with E-state index in [9.17, 15) is 0 Å². The molecular formula is C7H5NO2S2. The molecule has 1 fully saturated rings. The highest BCUT2D eigenvalue weighted by atomic mass is 32.3. The normalized spacial score (nSPS) is 24.8. The van der Waals surface area contributed by atoms with Gasteiger partial charge in [0, 0.05) is 0 Å². The van der Waals surface area contributed by atoms with E-state index in [2.05, 4.69) is 5.32 Å². The van der Waals surface area contributed by atoms with E-state index in [1.807, 2.05) is 24.3 Å². The summed E-state index contributed by atoms with van der Waals surface area (Å²) in [4.78, 5) is 1.05. The van der Waals surface area contributed by atoms with Crippen LogP contribution in [0.2, 0.25) is 0 Å². The van der Waals surface area contributed by atoms with E-state index in [0.29, 0.717) is 4.32 Å². The molecule has 12 heavy (non-hydrogen) atoms. The van der Waals surface area contributed by atoms with Crippen molar-refractivity contribution in [1.82, 2.24) is 0 Å². The Morgan fingerprint density at radius 1 is 1.25 bits per heavy atom. The molecule has 1 aromatic carbocycles. The van der Waals surface area contributed by atoms with Crippen LogP contribution in [0.1, 0.15) is 0 Å². The third-order valence-corrected chi connectivity index (χ3v) is 4.56. The highest BCUT2D eigenvalue weighted by Crippen LogP contribution is 2.76. The van der Waals surface area contributed by atoms with Gasteiger partial charge in [-0.3, -0.25) is 0 Å². The predicted molar refractivity (Wildman–Crippen MR) is 50.7 cm³/mol. The summed E-state index contributed by atoms with van der Waals surface area (Å²) in [5, 5.41) is 3.07. The second-order valence-corrected chi connectivity index (χ2v) is 5.34. The Bertz CT molecular complexity index is 375. The first-order valence-electron chi connectivity index (χ1n) is 3.44. The minimum absolute atomic E-state index is 0.670. The smallest absolute Gasteiger partial charge is 0.202 e. The maximum Gasteiger partial charge on any atom is 0.202 e. The van der Waals surface area contributed by atoms with Crippen molar-refractivity contribution in [1.29, 1.82) is 0 Å². The first-order chi connectivity index (χ1) is 5.83. The number of hydrogen-bond acceptors (Lipinski definition) is 3. The van der Waals surface area contributed by atoms with Crippen LogP contribution in [0.5, 0.6) is 0 Å². The van der Waals surface area contributed by atoms with E-state index >= 15 is 0 Å². The van der Waals surface area contributed by atoms with Gasteiger partial charge in [-0.2, -0.15) is 0 Å². The van der Waals surface area contributed by atoms with Crippen LogP contribution >= 0.6 is 22.8 Å². The highest BCUT2D eigenvalue weighted by Gasteiger charge is 2.51. The van der Waals surface area contributed by atoms with Gasteiger partial charge in [0.1, 0.15) is 0 Å². The summed E-state index contributed by atoms with van der Waals surface area (Å²) in [5.74, 6) is 0. The molecule has 0 aromatic heterocycles. The van der Waals surface area contributed by atoms with E-state index in [1.54, 1.807) is 0 Å². The fraction of sp³-hybridized carbons (Fsp3) is 0. The molecule has 0 atom stereocenters. The van der Waals surface area contributed by atoms with Crippen LogP contribution in [0.3, 0.4) is 0 Å². The van der Waals surface area contributed by atoms with Crippen molar-refractivity contribution < 1.29 is 8.67 Å². The lowest BCUT2D eigenvalue weighted by atomic mass is 10.3. The van der Waals surface area contributed by atoms with Crippen LogP contribution in [0.25, 0.3) is 0 Å². The fourth-order valence-corrected chi connectivity index (χ4v) is 3.39. The minimum atomic E-state index is -1.61. The SMILES string of the molecule is S=C1Nc2ccccc2S12OO2. The second kappa shape index (κ2) is 2.00. The quantitative estimate of drug-likeness (QED) is 0.301. The van der Waals surface area contributed by atoms with Crippen LogP contribution in [0, 0.1) is 0 Å². The van der Waals surface area contributed by atoms with Gasteiger partial charge in [0.05, 0.1) is 10.6 Å². The van der Waals surface area contributed by atoms with Crippen LogP contribution in [-0.4, -0.2) is 4.32 Å². The third kappa shape index (κ3) is 0.669. The zero-order valence-electron chi connectivity index (χ0n) is 5.94. The summed E-state index contributed by atoms with van der Waals surface area (Å²) < 4.78 is 10.6. The zero-order valence-corrected chi connectivity index (χ0v) is 7.58. The maximum absolute atomic E-state index is 5.10. The standard InChI is InChI=1S/C7H5NO2S2/c11-7-8-5-3-1-2-4-6(5)12(7)9-10-12/h1-4H,(H,8,11). The molecule has 0 amide bonds. The molecule has 1 N–H and O–H groups in total. The number of thiocarbonyl (C=S) groups is 1. The number of para-hydroxylation sites is 1. The number of benzene rings is 1. The molecule has 2 aliphatic rings. The second-order valence-electron chi connectivity index (χ2n) is 2.55. The lowest BCUT2D eigenvalue weighted by Gasteiger charge is -2.04. The van der Waals surface area contributed by atoms with E-state index in [-0.39, 0.29) is 0 Å². The molecule has 62 valence electrons. The Labute approximate surface area is 76.3 Å². The van der Waals surface area contributed by atoms with Crippen LogP contribution in [0.4, 0.5) is 5.69 Å². The van der Waals surface area contributed by atoms with Gasteiger partial charge in [0.2, 0.25) is 4.32 Å². The van der Waals surface area contributed by atoms with Gasteiger partial charge < -0.3 is 5.32 Å². The Balaban J connectivity index is 2.26. The number of rotatable bonds is 0. The zero-order chi connectivity index (χ0) is 8.18. The maximum atomic E-state index is 5.10. The number of hydrogen-bond donors (Lipinski definition) is 1. The average molecular weight is 199 g/mol. The summed E-state index contributed by atoms with van der Waals surface area (Å²) in [7, 11) is -1.61. The molecule has 1 spiro atoms. The topological polar surface area (TPSA) is 37.1 Å². The van der Waals surface area contributed by atoms with E-state index in [1.165, 1.54) is 0 Å². The lowest BCUT2D eigenvalue weighted by Crippen LogP contribution is -1.99. The van der Waals surface area contributed by atoms with Gasteiger partial charge in [-0.25, -0.2) is 0 Å². The van der Waals surface area contributed by atoms with Gasteiger partial charge in [0.25, 0.3) is 0 Å². The Morgan fingerprint density at radius 2 is 2.00 bits per heavy atom. The number of anilines is 1. The van der Waals surface area contributed by atoms with Gasteiger partial charge in [-0.05, 0) is 34.9 Å². The third-order valence-electron chi connectivity index (χ3n) is 1.86. The molecule has 2 aliphatic heterocycles. The van der Waals surface area contributed by atoms with Gasteiger partial charge >= 0.3 is 0 Å². The number of fused-ring (bicyclic) bond motifs is 2. The van der Waals surface area contributed by atoms with E-state index < -0.39 is 10.6 Å². The summed E-state index contributed by atoms with van der Waals surface area (Å²) in [6.07, 6.45) is 0. The van der Waals surface area contributed by atoms with Crippen LogP contribution in [-0.2, 0) is 8.67 Å². The Morgan fingerprint density at radius 3 is 2.75 bits per heavy atom. The minimum Gasteiger partial charge on any atom is -0.331 e. The van der Waals surface area contributed by atoms with Crippen LogP contribution < -0.4 is 5.32 Å². The molecule has 1 aromatic rings. The number of nitrogens with one attached hydrogen (secondary N) is 1. The van der Waals surface area contributed by atoms with Gasteiger partial charge in [-0.15, -0.1) is 0 Å². The predicted octanol–water partition coefficient (Wildman–Crippen LogP) is 2.35. The van der Waals surface area contributed by atoms with E-state index in [0.717, 1.165) is 10.6 Å². The molecule has 1 saturated heterocycles. The van der Waals surface area contributed by atoms with Crippen molar-refractivity contribution in [2.75, 3.05) is 5.32 Å². The summed E-state index contributed by atoms with van der Waals surface area (Å²) in [6.45, 7) is 0. The summed E-state index contributed by atoms with van der Waals surface area (Å²) in [6, 6.07) is 7.85. The molecule has 3 rings (SSSR count). The van der Waals surface area contributed by atoms with Gasteiger partial charge in [0.15, 0.2) is 0 Å². The fourth-order valence-electron chi connectivity index (χ4n) is 1.24. The summed E-state index contributed by atoms with van der Waals surface area (Å²) >= 11 is 5.10. The highest BCUT2D eigenvalue weighted by molar-refractivity contribution is 8.46. The van der Waals surface area contributed by atoms with Crippen molar-refractivity contribution in [3.8, 4) is 0 Å². The van der Waals surface area contributed by atoms with Crippen molar-refractivity contribution in [3.05, 3.63) is 24.3 Å². The molecule has 2 heterocycles. The Hall–Kier alpha value is -0.620. The molecular weight excluding hydrogens is 194 g/mol. The molecule has 0 saturated carbocycles. The first kappa shape index (κ1) is 6.85. The molecule has 0 radical (unpaired) electrons. The lowest BCUT2D eigenvalue weighted by molar-refractivity contribution is 0.0850. The molecule has 5 heteroatoms. The largest absolute Gasteiger partial charge is 0.331 e.